The lowest BCUT2D eigenvalue weighted by Crippen LogP contribution is -2.29. The van der Waals surface area contributed by atoms with Crippen molar-refractivity contribution in [1.82, 2.24) is 0 Å². The molecule has 236 valence electrons. The van der Waals surface area contributed by atoms with E-state index in [1.807, 2.05) is 0 Å². The number of hydrogen-bond donors (Lipinski definition) is 0. The second-order valence-electron chi connectivity index (χ2n) is 11.2. The van der Waals surface area contributed by atoms with Gasteiger partial charge in [-0.3, -0.25) is 0 Å². The molecule has 0 heterocycles. The van der Waals surface area contributed by atoms with Crippen molar-refractivity contribution in [3.8, 4) is 0 Å². The predicted octanol–water partition coefficient (Wildman–Crippen LogP) is 10.9. The van der Waals surface area contributed by atoms with E-state index >= 15 is 0 Å². The highest BCUT2D eigenvalue weighted by atomic mass is 32.2. The molecule has 0 bridgehead atoms. The van der Waals surface area contributed by atoms with Crippen LogP contribution in [-0.2, 0) is 19.5 Å². The maximum atomic E-state index is 12.2. The van der Waals surface area contributed by atoms with Crippen LogP contribution in [-0.4, -0.2) is 20.1 Å². The van der Waals surface area contributed by atoms with E-state index in [2.05, 4.69) is 95.0 Å². The molecule has 3 rings (SSSR count). The lowest BCUT2D eigenvalue weighted by Gasteiger charge is -2.36. The van der Waals surface area contributed by atoms with Crippen molar-refractivity contribution in [3.63, 3.8) is 0 Å². The largest absolute Gasteiger partial charge is 0.523 e. The molecule has 0 spiro atoms. The normalized spacial score (nSPS) is 12.7. The Morgan fingerprint density at radius 3 is 1.19 bits per heavy atom. The third kappa shape index (κ3) is 11.3. The van der Waals surface area contributed by atoms with E-state index < -0.39 is 24.4 Å². The molecule has 43 heavy (non-hydrogen) atoms. The number of alkyl halides is 3. The maximum Gasteiger partial charge on any atom is 0.523 e. The van der Waals surface area contributed by atoms with Gasteiger partial charge >= 0.3 is 15.6 Å². The van der Waals surface area contributed by atoms with Crippen molar-refractivity contribution in [2.75, 3.05) is 6.16 Å². The second kappa shape index (κ2) is 18.6. The van der Waals surface area contributed by atoms with Crippen molar-refractivity contribution in [1.29, 1.82) is 0 Å². The number of benzene rings is 3. The minimum atomic E-state index is -5.44. The first-order valence-electron chi connectivity index (χ1n) is 15.7. The van der Waals surface area contributed by atoms with E-state index in [1.54, 1.807) is 0 Å². The van der Waals surface area contributed by atoms with Crippen LogP contribution in [0.25, 0.3) is 0 Å². The molecule has 0 aliphatic heterocycles. The van der Waals surface area contributed by atoms with Crippen LogP contribution in [0.5, 0.6) is 0 Å². The molecule has 3 nitrogen and oxygen atoms in total. The molecule has 0 fully saturated rings. The third-order valence-electron chi connectivity index (χ3n) is 8.08. The van der Waals surface area contributed by atoms with Crippen molar-refractivity contribution in [2.45, 2.75) is 101 Å². The smallest absolute Gasteiger partial charge is 0.244 e. The number of rotatable bonds is 21. The fourth-order valence-electron chi connectivity index (χ4n) is 5.80. The van der Waals surface area contributed by atoms with Crippen LogP contribution in [0.3, 0.4) is 0 Å². The summed E-state index contributed by atoms with van der Waals surface area (Å²) in [7, 11) is -6.11. The lowest BCUT2D eigenvalue weighted by atomic mass is 9.66. The predicted molar refractivity (Wildman–Crippen MR) is 173 cm³/mol. The van der Waals surface area contributed by atoms with Crippen molar-refractivity contribution in [2.24, 2.45) is 0 Å². The minimum Gasteiger partial charge on any atom is -0.244 e. The number of unbranched alkanes of at least 4 members (excludes halogenated alkanes) is 12. The molecule has 1 atom stereocenters. The van der Waals surface area contributed by atoms with Gasteiger partial charge in [-0.1, -0.05) is 168 Å². The van der Waals surface area contributed by atoms with Crippen LogP contribution < -0.4 is 0 Å². The summed E-state index contributed by atoms with van der Waals surface area (Å²) < 4.78 is 62.4. The summed E-state index contributed by atoms with van der Waals surface area (Å²) in [6.45, 7) is 0. The van der Waals surface area contributed by atoms with Gasteiger partial charge in [-0.05, 0) is 35.7 Å². The Hall–Kier alpha value is -2.21. The van der Waals surface area contributed by atoms with E-state index in [0.717, 1.165) is 25.7 Å². The van der Waals surface area contributed by atoms with Gasteiger partial charge in [0.1, 0.15) is 0 Å². The van der Waals surface area contributed by atoms with Crippen LogP contribution >= 0.6 is 8.81 Å². The van der Waals surface area contributed by atoms with Gasteiger partial charge < -0.3 is 0 Å². The van der Waals surface area contributed by atoms with Gasteiger partial charge in [0, 0.05) is 14.2 Å². The highest BCUT2D eigenvalue weighted by molar-refractivity contribution is 7.90. The van der Waals surface area contributed by atoms with Crippen LogP contribution in [0, 0.1) is 0 Å². The number of hydrogen-bond acceptors (Lipinski definition) is 3. The SMILES string of the molecule is O=S(=O)(OPCCCCCCCCCCCCCCCC(c1ccccc1)(c1ccccc1)c1ccccc1)C(F)(F)F. The molecule has 3 aromatic rings. The summed E-state index contributed by atoms with van der Waals surface area (Å²) in [6, 6.07) is 32.8. The average Bonchev–Trinajstić information content (AvgIpc) is 3.01. The molecule has 0 aromatic heterocycles. The standard InChI is InChI=1S/C35H46F3O3PS/c36-35(37,38)43(39,40)41-42-30-22-11-9-7-5-3-1-2-4-6-8-10-21-29-34(31-23-15-12-16-24-31,32-25-17-13-18-26-32)33-27-19-14-20-28-33/h12-20,23-28,42H,1-11,21-22,29-30H2. The number of halogens is 3. The first kappa shape index (κ1) is 35.3. The molecule has 0 saturated carbocycles. The van der Waals surface area contributed by atoms with E-state index in [9.17, 15) is 21.6 Å². The molecule has 3 aromatic carbocycles. The molecule has 0 radical (unpaired) electrons. The topological polar surface area (TPSA) is 43.4 Å². The molecule has 0 saturated heterocycles. The Morgan fingerprint density at radius 1 is 0.512 bits per heavy atom. The van der Waals surface area contributed by atoms with Crippen molar-refractivity contribution < 1.29 is 25.6 Å². The van der Waals surface area contributed by atoms with Gasteiger partial charge in [0.25, 0.3) is 0 Å². The Bertz CT molecular complexity index is 1160. The summed E-state index contributed by atoms with van der Waals surface area (Å²) in [5, 5.41) is 0. The van der Waals surface area contributed by atoms with Gasteiger partial charge in [0.2, 0.25) is 0 Å². The van der Waals surface area contributed by atoms with E-state index in [0.29, 0.717) is 12.6 Å². The van der Waals surface area contributed by atoms with Gasteiger partial charge in [0.05, 0.1) is 0 Å². The van der Waals surface area contributed by atoms with E-state index in [-0.39, 0.29) is 5.41 Å². The Labute approximate surface area is 258 Å². The zero-order valence-corrected chi connectivity index (χ0v) is 26.9. The summed E-state index contributed by atoms with van der Waals surface area (Å²) in [5.74, 6) is 0. The first-order chi connectivity index (χ1) is 20.8. The fraction of sp³-hybridized carbons (Fsp3) is 0.486. The molecular weight excluding hydrogens is 588 g/mol. The summed E-state index contributed by atoms with van der Waals surface area (Å²) >= 11 is 0. The molecule has 0 N–H and O–H groups in total. The van der Waals surface area contributed by atoms with Gasteiger partial charge in [-0.15, -0.1) is 0 Å². The van der Waals surface area contributed by atoms with Crippen LogP contribution in [0.1, 0.15) is 107 Å². The molecule has 8 heteroatoms. The fourth-order valence-corrected chi connectivity index (χ4v) is 7.53. The molecule has 0 aliphatic rings. The lowest BCUT2D eigenvalue weighted by molar-refractivity contribution is -0.0495. The first-order valence-corrected chi connectivity index (χ1v) is 18.2. The van der Waals surface area contributed by atoms with Crippen molar-refractivity contribution >= 4 is 18.9 Å². The second-order valence-corrected chi connectivity index (χ2v) is 14.1. The van der Waals surface area contributed by atoms with Crippen LogP contribution in [0.15, 0.2) is 91.0 Å². The third-order valence-corrected chi connectivity index (χ3v) is 10.6. The van der Waals surface area contributed by atoms with Gasteiger partial charge in [-0.25, -0.2) is 3.97 Å². The zero-order chi connectivity index (χ0) is 30.9. The molecule has 0 aliphatic carbocycles. The molecular formula is C35H46F3O3PS. The monoisotopic (exact) mass is 634 g/mol. The maximum absolute atomic E-state index is 12.2. The summed E-state index contributed by atoms with van der Waals surface area (Å²) in [6.07, 6.45) is 16.2. The van der Waals surface area contributed by atoms with Crippen LogP contribution in [0.2, 0.25) is 0 Å². The highest BCUT2D eigenvalue weighted by Gasteiger charge is 2.47. The Kier molecular flexibility index (Phi) is 15.2. The summed E-state index contributed by atoms with van der Waals surface area (Å²) in [4.78, 5) is 0. The van der Waals surface area contributed by atoms with Gasteiger partial charge in [-0.2, -0.15) is 21.6 Å². The zero-order valence-electron chi connectivity index (χ0n) is 25.0. The molecule has 1 unspecified atom stereocenters. The van der Waals surface area contributed by atoms with E-state index in [1.165, 1.54) is 74.5 Å². The van der Waals surface area contributed by atoms with Crippen molar-refractivity contribution in [3.05, 3.63) is 108 Å². The quantitative estimate of drug-likeness (QED) is 0.0507. The van der Waals surface area contributed by atoms with Gasteiger partial charge in [0.15, 0.2) is 0 Å². The Morgan fingerprint density at radius 2 is 0.837 bits per heavy atom. The average molecular weight is 635 g/mol. The minimum absolute atomic E-state index is 0.161. The van der Waals surface area contributed by atoms with Crippen LogP contribution in [0.4, 0.5) is 13.2 Å². The summed E-state index contributed by atoms with van der Waals surface area (Å²) in [5.41, 5.74) is -1.46. The van der Waals surface area contributed by atoms with E-state index in [4.69, 9.17) is 0 Å². The molecule has 0 amide bonds. The highest BCUT2D eigenvalue weighted by Crippen LogP contribution is 2.43. The Balaban J connectivity index is 1.29.